The van der Waals surface area contributed by atoms with Crippen LogP contribution in [0.2, 0.25) is 0 Å². The number of carbonyl (C=O) groups excluding carboxylic acids is 1. The fourth-order valence-electron chi connectivity index (χ4n) is 1.90. The van der Waals surface area contributed by atoms with Crippen molar-refractivity contribution in [3.63, 3.8) is 0 Å². The summed E-state index contributed by atoms with van der Waals surface area (Å²) in [6.07, 6.45) is 2.87. The Morgan fingerprint density at radius 3 is 2.57 bits per heavy atom. The molecule has 2 aromatic heterocycles. The topological polar surface area (TPSA) is 108 Å². The molecule has 0 aliphatic carbocycles. The Labute approximate surface area is 134 Å². The highest BCUT2D eigenvalue weighted by Gasteiger charge is 2.26. The molecule has 0 aromatic carbocycles. The van der Waals surface area contributed by atoms with Gasteiger partial charge in [-0.1, -0.05) is 0 Å². The molecule has 0 aliphatic heterocycles. The van der Waals surface area contributed by atoms with E-state index in [9.17, 15) is 13.2 Å². The van der Waals surface area contributed by atoms with Crippen LogP contribution in [0.5, 0.6) is 0 Å². The molecule has 1 N–H and O–H groups in total. The van der Waals surface area contributed by atoms with Crippen molar-refractivity contribution in [1.29, 1.82) is 0 Å². The van der Waals surface area contributed by atoms with Crippen molar-refractivity contribution in [1.82, 2.24) is 19.3 Å². The number of nitrogens with one attached hydrogen (secondary N) is 1. The second-order valence-electron chi connectivity index (χ2n) is 5.28. The molecule has 2 heterocycles. The van der Waals surface area contributed by atoms with Crippen LogP contribution in [-0.4, -0.2) is 40.8 Å². The van der Waals surface area contributed by atoms with E-state index in [1.807, 2.05) is 13.8 Å². The van der Waals surface area contributed by atoms with Gasteiger partial charge in [-0.2, -0.15) is 13.5 Å². The lowest BCUT2D eigenvalue weighted by molar-refractivity contribution is 0.0594. The normalized spacial score (nSPS) is 11.7. The average Bonchev–Trinajstić information content (AvgIpc) is 3.08. The summed E-state index contributed by atoms with van der Waals surface area (Å²) in [5.74, 6) is -0.723. The molecule has 0 atom stereocenters. The van der Waals surface area contributed by atoms with Crippen molar-refractivity contribution in [3.8, 4) is 0 Å². The van der Waals surface area contributed by atoms with Gasteiger partial charge in [0.05, 0.1) is 19.1 Å². The molecule has 0 saturated heterocycles. The van der Waals surface area contributed by atoms with E-state index in [0.717, 1.165) is 0 Å². The third-order valence-corrected chi connectivity index (χ3v) is 4.63. The van der Waals surface area contributed by atoms with Crippen LogP contribution in [0.15, 0.2) is 17.6 Å². The number of aryl methyl sites for hydroxylation is 1. The van der Waals surface area contributed by atoms with Gasteiger partial charge in [0.1, 0.15) is 5.69 Å². The van der Waals surface area contributed by atoms with E-state index >= 15 is 0 Å². The van der Waals surface area contributed by atoms with Crippen LogP contribution in [0, 0.1) is 6.92 Å². The lowest BCUT2D eigenvalue weighted by atomic mass is 10.3. The van der Waals surface area contributed by atoms with Crippen LogP contribution in [0.25, 0.3) is 0 Å². The number of carbonyl (C=O) groups is 1. The maximum absolute atomic E-state index is 12.5. The van der Waals surface area contributed by atoms with Crippen LogP contribution in [0.3, 0.4) is 0 Å². The summed E-state index contributed by atoms with van der Waals surface area (Å²) < 4.78 is 35.0. The molecule has 126 valence electrons. The molecule has 0 radical (unpaired) electrons. The fraction of sp³-hybridized carbons (Fsp3) is 0.462. The van der Waals surface area contributed by atoms with E-state index in [4.69, 9.17) is 0 Å². The average molecular weight is 341 g/mol. The van der Waals surface area contributed by atoms with Crippen molar-refractivity contribution < 1.29 is 17.9 Å². The van der Waals surface area contributed by atoms with Crippen molar-refractivity contribution in [2.75, 3.05) is 11.8 Å². The quantitative estimate of drug-likeness (QED) is 0.816. The Hall–Kier alpha value is -2.36. The molecule has 2 rings (SSSR count). The SMILES string of the molecule is COC(=O)c1nn(C)c(C)c1NS(=O)(=O)c1cn(C(C)C)cn1. The van der Waals surface area contributed by atoms with Crippen LogP contribution in [-0.2, 0) is 21.8 Å². The number of hydrogen-bond donors (Lipinski definition) is 1. The highest BCUT2D eigenvalue weighted by Crippen LogP contribution is 2.24. The molecule has 0 amide bonds. The first-order chi connectivity index (χ1) is 10.7. The van der Waals surface area contributed by atoms with Crippen molar-refractivity contribution >= 4 is 21.7 Å². The van der Waals surface area contributed by atoms with Crippen molar-refractivity contribution in [2.45, 2.75) is 31.8 Å². The van der Waals surface area contributed by atoms with Crippen molar-refractivity contribution in [2.24, 2.45) is 7.05 Å². The molecule has 0 fully saturated rings. The van der Waals surface area contributed by atoms with Gasteiger partial charge < -0.3 is 9.30 Å². The number of imidazole rings is 1. The number of nitrogens with zero attached hydrogens (tertiary/aromatic N) is 4. The molecule has 0 saturated carbocycles. The van der Waals surface area contributed by atoms with Crippen LogP contribution in [0.4, 0.5) is 5.69 Å². The lowest BCUT2D eigenvalue weighted by Crippen LogP contribution is -2.16. The number of ether oxygens (including phenoxy) is 1. The third-order valence-electron chi connectivity index (χ3n) is 3.40. The number of rotatable bonds is 5. The minimum atomic E-state index is -3.94. The van der Waals surface area contributed by atoms with Crippen LogP contribution >= 0.6 is 0 Å². The summed E-state index contributed by atoms with van der Waals surface area (Å²) in [6.45, 7) is 5.46. The highest BCUT2D eigenvalue weighted by molar-refractivity contribution is 7.92. The maximum Gasteiger partial charge on any atom is 0.360 e. The highest BCUT2D eigenvalue weighted by atomic mass is 32.2. The Bertz CT molecular complexity index is 835. The Morgan fingerprint density at radius 1 is 1.39 bits per heavy atom. The molecule has 0 bridgehead atoms. The predicted octanol–water partition coefficient (Wildman–Crippen LogP) is 1.09. The summed E-state index contributed by atoms with van der Waals surface area (Å²) in [7, 11) is -1.13. The number of aromatic nitrogens is 4. The van der Waals surface area contributed by atoms with Crippen molar-refractivity contribution in [3.05, 3.63) is 23.9 Å². The van der Waals surface area contributed by atoms with Gasteiger partial charge in [-0.15, -0.1) is 0 Å². The molecule has 9 nitrogen and oxygen atoms in total. The van der Waals surface area contributed by atoms with E-state index < -0.39 is 16.0 Å². The van der Waals surface area contributed by atoms with Gasteiger partial charge in [0, 0.05) is 19.3 Å². The molecule has 0 spiro atoms. The van der Waals surface area contributed by atoms with Gasteiger partial charge in [-0.3, -0.25) is 9.40 Å². The van der Waals surface area contributed by atoms with Gasteiger partial charge in [-0.05, 0) is 20.8 Å². The zero-order chi connectivity index (χ0) is 17.4. The zero-order valence-electron chi connectivity index (χ0n) is 13.6. The second kappa shape index (κ2) is 6.03. The number of sulfonamides is 1. The number of methoxy groups -OCH3 is 1. The smallest absolute Gasteiger partial charge is 0.360 e. The molecular weight excluding hydrogens is 322 g/mol. The summed E-state index contributed by atoms with van der Waals surface area (Å²) in [5, 5.41) is 3.85. The monoisotopic (exact) mass is 341 g/mol. The molecule has 23 heavy (non-hydrogen) atoms. The van der Waals surface area contributed by atoms with E-state index in [2.05, 4.69) is 19.5 Å². The first-order valence-electron chi connectivity index (χ1n) is 6.85. The number of anilines is 1. The molecule has 0 aliphatic rings. The molecule has 2 aromatic rings. The Morgan fingerprint density at radius 2 is 2.04 bits per heavy atom. The van der Waals surface area contributed by atoms with E-state index in [1.165, 1.54) is 24.3 Å². The summed E-state index contributed by atoms with van der Waals surface area (Å²) >= 11 is 0. The van der Waals surface area contributed by atoms with Crippen LogP contribution in [0.1, 0.15) is 36.1 Å². The first-order valence-corrected chi connectivity index (χ1v) is 8.34. The minimum Gasteiger partial charge on any atom is -0.464 e. The molecular formula is C13H19N5O4S. The van der Waals surface area contributed by atoms with Gasteiger partial charge in [0.15, 0.2) is 10.7 Å². The Balaban J connectivity index is 2.42. The first kappa shape index (κ1) is 17.0. The van der Waals surface area contributed by atoms with Gasteiger partial charge in [-0.25, -0.2) is 9.78 Å². The minimum absolute atomic E-state index is 0.0807. The van der Waals surface area contributed by atoms with E-state index in [0.29, 0.717) is 5.69 Å². The van der Waals surface area contributed by atoms with E-state index in [-0.39, 0.29) is 22.4 Å². The third kappa shape index (κ3) is 3.21. The number of esters is 1. The second-order valence-corrected chi connectivity index (χ2v) is 6.91. The lowest BCUT2D eigenvalue weighted by Gasteiger charge is -2.07. The largest absolute Gasteiger partial charge is 0.464 e. The van der Waals surface area contributed by atoms with E-state index in [1.54, 1.807) is 18.5 Å². The van der Waals surface area contributed by atoms with Gasteiger partial charge >= 0.3 is 5.97 Å². The van der Waals surface area contributed by atoms with Gasteiger partial charge in [0.2, 0.25) is 0 Å². The summed E-state index contributed by atoms with van der Waals surface area (Å²) in [4.78, 5) is 15.7. The fourth-order valence-corrected chi connectivity index (χ4v) is 2.96. The molecule has 0 unspecified atom stereocenters. The maximum atomic E-state index is 12.5. The molecule has 10 heteroatoms. The number of hydrogen-bond acceptors (Lipinski definition) is 6. The Kier molecular flexibility index (Phi) is 4.46. The summed E-state index contributed by atoms with van der Waals surface area (Å²) in [5.41, 5.74) is 0.468. The van der Waals surface area contributed by atoms with Crippen LogP contribution < -0.4 is 4.72 Å². The zero-order valence-corrected chi connectivity index (χ0v) is 14.4. The summed E-state index contributed by atoms with van der Waals surface area (Å²) in [6, 6.07) is 0.0807. The standard InChI is InChI=1S/C13H19N5O4S/c1-8(2)18-6-10(14-7-18)23(20,21)16-11-9(3)17(4)15-12(11)13(19)22-5/h6-8,16H,1-5H3. The van der Waals surface area contributed by atoms with Gasteiger partial charge in [0.25, 0.3) is 10.0 Å². The predicted molar refractivity (Wildman–Crippen MR) is 82.7 cm³/mol.